The van der Waals surface area contributed by atoms with E-state index in [9.17, 15) is 4.79 Å². The van der Waals surface area contributed by atoms with Crippen LogP contribution in [0.4, 0.5) is 0 Å². The average Bonchev–Trinajstić information content (AvgIpc) is 2.96. The number of aryl methyl sites for hydroxylation is 1. The molecule has 0 aromatic carbocycles. The third-order valence-electron chi connectivity index (χ3n) is 4.79. The highest BCUT2D eigenvalue weighted by atomic mass is 32.1. The predicted molar refractivity (Wildman–Crippen MR) is 89.4 cm³/mol. The van der Waals surface area contributed by atoms with Crippen molar-refractivity contribution in [2.75, 3.05) is 6.54 Å². The van der Waals surface area contributed by atoms with Gasteiger partial charge in [-0.2, -0.15) is 0 Å². The molecule has 0 aliphatic carbocycles. The first-order valence-electron chi connectivity index (χ1n) is 7.87. The molecule has 2 heterocycles. The Balaban J connectivity index is 2.34. The third kappa shape index (κ3) is 3.16. The number of nitrogens with one attached hydrogen (secondary N) is 1. The molecule has 1 aliphatic heterocycles. The Kier molecular flexibility index (Phi) is 4.50. The van der Waals surface area contributed by atoms with E-state index in [0.29, 0.717) is 0 Å². The lowest BCUT2D eigenvalue weighted by Gasteiger charge is -2.32. The van der Waals surface area contributed by atoms with Crippen molar-refractivity contribution in [3.8, 4) is 0 Å². The molecule has 0 radical (unpaired) electrons. The molecule has 3 nitrogen and oxygen atoms in total. The lowest BCUT2D eigenvalue weighted by atomic mass is 9.89. The zero-order chi connectivity index (χ0) is 15.8. The summed E-state index contributed by atoms with van der Waals surface area (Å²) in [5.41, 5.74) is -0.298. The molecule has 1 aromatic heterocycles. The second-order valence-electron chi connectivity index (χ2n) is 7.13. The first-order chi connectivity index (χ1) is 9.72. The van der Waals surface area contributed by atoms with Crippen molar-refractivity contribution in [3.05, 3.63) is 21.9 Å². The summed E-state index contributed by atoms with van der Waals surface area (Å²) in [6.45, 7) is 13.7. The Morgan fingerprint density at radius 2 is 2.05 bits per heavy atom. The monoisotopic (exact) mass is 308 g/mol. The fourth-order valence-electron chi connectivity index (χ4n) is 2.69. The molecule has 1 amide bonds. The SMILES string of the molecule is CCC(C)(C)CN1C(=O)C(C)(CC)NC1c1ccc(C)s1. The Bertz CT molecular complexity index is 523. The average molecular weight is 308 g/mol. The van der Waals surface area contributed by atoms with Gasteiger partial charge in [-0.05, 0) is 44.2 Å². The van der Waals surface area contributed by atoms with Gasteiger partial charge in [0.05, 0.1) is 5.54 Å². The fourth-order valence-corrected chi connectivity index (χ4v) is 3.63. The van der Waals surface area contributed by atoms with Crippen molar-refractivity contribution >= 4 is 17.2 Å². The summed E-state index contributed by atoms with van der Waals surface area (Å²) in [5, 5.41) is 3.58. The van der Waals surface area contributed by atoms with Crippen LogP contribution in [0.2, 0.25) is 0 Å². The van der Waals surface area contributed by atoms with E-state index in [0.717, 1.165) is 19.4 Å². The summed E-state index contributed by atoms with van der Waals surface area (Å²) in [5.74, 6) is 0.238. The number of amides is 1. The minimum Gasteiger partial charge on any atom is -0.320 e. The van der Waals surface area contributed by atoms with Crippen LogP contribution < -0.4 is 5.32 Å². The molecule has 1 saturated heterocycles. The van der Waals surface area contributed by atoms with E-state index < -0.39 is 5.54 Å². The summed E-state index contributed by atoms with van der Waals surface area (Å²) in [7, 11) is 0. The van der Waals surface area contributed by atoms with Gasteiger partial charge in [0.2, 0.25) is 5.91 Å². The molecule has 2 rings (SSSR count). The number of carbonyl (C=O) groups is 1. The number of nitrogens with zero attached hydrogens (tertiary/aromatic N) is 1. The number of carbonyl (C=O) groups excluding carboxylic acids is 1. The maximum absolute atomic E-state index is 12.9. The van der Waals surface area contributed by atoms with Gasteiger partial charge in [0.15, 0.2) is 0 Å². The molecular weight excluding hydrogens is 280 g/mol. The minimum absolute atomic E-state index is 0.0203. The molecule has 0 spiro atoms. The van der Waals surface area contributed by atoms with Gasteiger partial charge < -0.3 is 4.90 Å². The fraction of sp³-hybridized carbons (Fsp3) is 0.706. The largest absolute Gasteiger partial charge is 0.320 e. The van der Waals surface area contributed by atoms with E-state index in [-0.39, 0.29) is 17.5 Å². The van der Waals surface area contributed by atoms with Gasteiger partial charge in [0.25, 0.3) is 0 Å². The molecule has 118 valence electrons. The van der Waals surface area contributed by atoms with Crippen LogP contribution in [-0.2, 0) is 4.79 Å². The maximum atomic E-state index is 12.9. The molecule has 0 saturated carbocycles. The zero-order valence-electron chi connectivity index (χ0n) is 14.1. The first kappa shape index (κ1) is 16.5. The molecule has 4 heteroatoms. The van der Waals surface area contributed by atoms with E-state index in [1.165, 1.54) is 9.75 Å². The van der Waals surface area contributed by atoms with E-state index in [1.807, 2.05) is 6.92 Å². The van der Waals surface area contributed by atoms with Gasteiger partial charge in [0.1, 0.15) is 6.17 Å². The molecule has 1 aliphatic rings. The van der Waals surface area contributed by atoms with Crippen LogP contribution in [0.5, 0.6) is 0 Å². The summed E-state index contributed by atoms with van der Waals surface area (Å²) >= 11 is 1.78. The first-order valence-corrected chi connectivity index (χ1v) is 8.69. The number of hydrogen-bond acceptors (Lipinski definition) is 3. The van der Waals surface area contributed by atoms with Gasteiger partial charge in [0, 0.05) is 16.3 Å². The number of rotatable bonds is 5. The van der Waals surface area contributed by atoms with Crippen LogP contribution in [0.3, 0.4) is 0 Å². The van der Waals surface area contributed by atoms with Gasteiger partial charge in [-0.1, -0.05) is 27.7 Å². The molecule has 1 N–H and O–H groups in total. The Morgan fingerprint density at radius 1 is 1.38 bits per heavy atom. The Morgan fingerprint density at radius 3 is 2.52 bits per heavy atom. The van der Waals surface area contributed by atoms with Crippen molar-refractivity contribution < 1.29 is 4.79 Å². The second-order valence-corrected chi connectivity index (χ2v) is 8.45. The van der Waals surface area contributed by atoms with E-state index in [2.05, 4.69) is 57.0 Å². The topological polar surface area (TPSA) is 32.3 Å². The highest BCUT2D eigenvalue weighted by molar-refractivity contribution is 7.12. The van der Waals surface area contributed by atoms with E-state index in [1.54, 1.807) is 11.3 Å². The molecule has 2 atom stereocenters. The lowest BCUT2D eigenvalue weighted by Crippen LogP contribution is -2.44. The van der Waals surface area contributed by atoms with Gasteiger partial charge in [-0.3, -0.25) is 10.1 Å². The number of hydrogen-bond donors (Lipinski definition) is 1. The second kappa shape index (κ2) is 5.73. The van der Waals surface area contributed by atoms with Crippen LogP contribution in [0.25, 0.3) is 0 Å². The molecule has 21 heavy (non-hydrogen) atoms. The van der Waals surface area contributed by atoms with Gasteiger partial charge in [-0.25, -0.2) is 0 Å². The molecule has 1 fully saturated rings. The summed E-state index contributed by atoms with van der Waals surface area (Å²) in [6.07, 6.45) is 1.90. The maximum Gasteiger partial charge on any atom is 0.244 e. The normalized spacial score (nSPS) is 26.7. The van der Waals surface area contributed by atoms with Crippen molar-refractivity contribution in [2.45, 2.75) is 66.1 Å². The minimum atomic E-state index is -0.438. The van der Waals surface area contributed by atoms with Gasteiger partial charge >= 0.3 is 0 Å². The summed E-state index contributed by atoms with van der Waals surface area (Å²) in [6, 6.07) is 4.29. The smallest absolute Gasteiger partial charge is 0.244 e. The number of thiophene rings is 1. The Hall–Kier alpha value is -0.870. The van der Waals surface area contributed by atoms with Crippen molar-refractivity contribution in [1.29, 1.82) is 0 Å². The molecule has 1 aromatic rings. The van der Waals surface area contributed by atoms with Crippen LogP contribution in [0.15, 0.2) is 12.1 Å². The van der Waals surface area contributed by atoms with Crippen LogP contribution >= 0.6 is 11.3 Å². The molecule has 2 unspecified atom stereocenters. The van der Waals surface area contributed by atoms with Crippen molar-refractivity contribution in [2.24, 2.45) is 5.41 Å². The summed E-state index contributed by atoms with van der Waals surface area (Å²) < 4.78 is 0. The van der Waals surface area contributed by atoms with E-state index >= 15 is 0 Å². The quantitative estimate of drug-likeness (QED) is 0.888. The van der Waals surface area contributed by atoms with Crippen LogP contribution in [0.1, 0.15) is 63.4 Å². The molecular formula is C17H28N2OS. The van der Waals surface area contributed by atoms with Crippen molar-refractivity contribution in [3.63, 3.8) is 0 Å². The summed E-state index contributed by atoms with van der Waals surface area (Å²) in [4.78, 5) is 17.5. The lowest BCUT2D eigenvalue weighted by molar-refractivity contribution is -0.134. The Labute approximate surface area is 132 Å². The highest BCUT2D eigenvalue weighted by Gasteiger charge is 2.48. The third-order valence-corrected chi connectivity index (χ3v) is 5.85. The van der Waals surface area contributed by atoms with Crippen LogP contribution in [0, 0.1) is 12.3 Å². The van der Waals surface area contributed by atoms with E-state index in [4.69, 9.17) is 0 Å². The van der Waals surface area contributed by atoms with Gasteiger partial charge in [-0.15, -0.1) is 11.3 Å². The zero-order valence-corrected chi connectivity index (χ0v) is 14.9. The van der Waals surface area contributed by atoms with Crippen LogP contribution in [-0.4, -0.2) is 22.9 Å². The molecule has 0 bridgehead atoms. The standard InChI is InChI=1S/C17H28N2OS/c1-7-16(4,5)11-19-14(13-10-9-12(3)21-13)18-17(6,8-2)15(19)20/h9-10,14,18H,7-8,11H2,1-6H3. The predicted octanol–water partition coefficient (Wildman–Crippen LogP) is 4.09. The highest BCUT2D eigenvalue weighted by Crippen LogP contribution is 2.38. The van der Waals surface area contributed by atoms with Crippen molar-refractivity contribution in [1.82, 2.24) is 10.2 Å².